The number of carbonyl (C=O) groups excluding carboxylic acids is 1. The van der Waals surface area contributed by atoms with Gasteiger partial charge in [-0.15, -0.1) is 0 Å². The van der Waals surface area contributed by atoms with Crippen LogP contribution in [0.1, 0.15) is 0 Å². The van der Waals surface area contributed by atoms with Gasteiger partial charge in [0.1, 0.15) is 11.6 Å². The summed E-state index contributed by atoms with van der Waals surface area (Å²) in [6, 6.07) is 6.36. The Morgan fingerprint density at radius 3 is 2.55 bits per heavy atom. The Morgan fingerprint density at radius 1 is 1.41 bits per heavy atom. The number of carbonyl (C=O) groups is 1. The Morgan fingerprint density at radius 2 is 2.05 bits per heavy atom. The molecule has 0 radical (unpaired) electrons. The molecule has 0 spiro atoms. The van der Waals surface area contributed by atoms with Gasteiger partial charge in [0.2, 0.25) is 0 Å². The number of aliphatic hydroxyl groups excluding tert-OH is 2. The van der Waals surface area contributed by atoms with Crippen molar-refractivity contribution in [3.05, 3.63) is 35.0 Å². The van der Waals surface area contributed by atoms with Gasteiger partial charge in [-0.2, -0.15) is 5.26 Å². The molecule has 1 amide bonds. The van der Waals surface area contributed by atoms with Crippen LogP contribution in [0, 0.1) is 11.3 Å². The fourth-order valence-electron chi connectivity index (χ4n) is 1.62. The number of amides is 1. The Bertz CT molecular complexity index is 592. The van der Waals surface area contributed by atoms with Gasteiger partial charge >= 0.3 is 0 Å². The summed E-state index contributed by atoms with van der Waals surface area (Å²) < 4.78 is 0. The van der Waals surface area contributed by atoms with Crippen LogP contribution in [0.4, 0.5) is 11.4 Å². The number of hydrogen-bond donors (Lipinski definition) is 4. The number of rotatable bonds is 7. The molecule has 1 aromatic rings. The Balaban J connectivity index is 2.87. The molecule has 7 nitrogen and oxygen atoms in total. The van der Waals surface area contributed by atoms with Crippen LogP contribution < -0.4 is 11.1 Å². The number of nitrogens with two attached hydrogens (primary N) is 1. The van der Waals surface area contributed by atoms with Crippen LogP contribution in [-0.2, 0) is 4.79 Å². The van der Waals surface area contributed by atoms with Crippen LogP contribution in [0.25, 0.3) is 0 Å². The highest BCUT2D eigenvalue weighted by Crippen LogP contribution is 2.22. The molecule has 0 aliphatic heterocycles. The monoisotopic (exact) mass is 324 g/mol. The van der Waals surface area contributed by atoms with E-state index in [1.54, 1.807) is 12.1 Å². The van der Waals surface area contributed by atoms with Crippen LogP contribution in [0.5, 0.6) is 0 Å². The zero-order valence-electron chi connectivity index (χ0n) is 11.8. The Kier molecular flexibility index (Phi) is 7.19. The van der Waals surface area contributed by atoms with Gasteiger partial charge in [0.05, 0.1) is 23.9 Å². The van der Waals surface area contributed by atoms with E-state index in [2.05, 4.69) is 5.32 Å². The van der Waals surface area contributed by atoms with Crippen LogP contribution in [0.15, 0.2) is 30.0 Å². The van der Waals surface area contributed by atoms with Crippen molar-refractivity contribution >= 4 is 28.9 Å². The van der Waals surface area contributed by atoms with Gasteiger partial charge in [-0.1, -0.05) is 11.6 Å². The third-order valence-corrected chi connectivity index (χ3v) is 3.04. The molecular formula is C14H17ClN4O3. The third kappa shape index (κ3) is 5.26. The van der Waals surface area contributed by atoms with Gasteiger partial charge in [-0.05, 0) is 18.2 Å². The largest absolute Gasteiger partial charge is 0.398 e. The Labute approximate surface area is 133 Å². The molecule has 0 heterocycles. The maximum absolute atomic E-state index is 12.1. The molecule has 22 heavy (non-hydrogen) atoms. The highest BCUT2D eigenvalue weighted by molar-refractivity contribution is 6.33. The number of benzene rings is 1. The lowest BCUT2D eigenvalue weighted by atomic mass is 10.2. The van der Waals surface area contributed by atoms with E-state index in [0.717, 1.165) is 0 Å². The van der Waals surface area contributed by atoms with E-state index in [0.29, 0.717) is 16.4 Å². The van der Waals surface area contributed by atoms with Gasteiger partial charge in [0.25, 0.3) is 5.91 Å². The molecule has 118 valence electrons. The second-order valence-corrected chi connectivity index (χ2v) is 4.74. The molecule has 0 unspecified atom stereocenters. The molecule has 0 saturated carbocycles. The topological polar surface area (TPSA) is 123 Å². The number of nitrogens with zero attached hydrogens (tertiary/aromatic N) is 2. The first kappa shape index (κ1) is 17.8. The minimum Gasteiger partial charge on any atom is -0.398 e. The summed E-state index contributed by atoms with van der Waals surface area (Å²) in [5.41, 5.74) is 6.20. The van der Waals surface area contributed by atoms with Crippen LogP contribution in [0.2, 0.25) is 5.02 Å². The summed E-state index contributed by atoms with van der Waals surface area (Å²) in [7, 11) is 0. The van der Waals surface area contributed by atoms with Crippen molar-refractivity contribution in [1.82, 2.24) is 4.90 Å². The van der Waals surface area contributed by atoms with E-state index in [9.17, 15) is 4.79 Å². The lowest BCUT2D eigenvalue weighted by molar-refractivity contribution is -0.112. The predicted octanol–water partition coefficient (Wildman–Crippen LogP) is 0.555. The second-order valence-electron chi connectivity index (χ2n) is 4.33. The van der Waals surface area contributed by atoms with Crippen molar-refractivity contribution in [2.45, 2.75) is 0 Å². The average molecular weight is 325 g/mol. The van der Waals surface area contributed by atoms with E-state index >= 15 is 0 Å². The van der Waals surface area contributed by atoms with Crippen molar-refractivity contribution in [2.24, 2.45) is 0 Å². The third-order valence-electron chi connectivity index (χ3n) is 2.71. The number of nitriles is 1. The summed E-state index contributed by atoms with van der Waals surface area (Å²) in [6.45, 7) is 0.0776. The molecule has 0 bridgehead atoms. The SMILES string of the molecule is N#C/C(=C/N(CCO)CCO)C(=O)Nc1ccc(N)c(Cl)c1. The summed E-state index contributed by atoms with van der Waals surface area (Å²) in [4.78, 5) is 13.5. The fraction of sp³-hybridized carbons (Fsp3) is 0.286. The van der Waals surface area contributed by atoms with Crippen molar-refractivity contribution in [1.29, 1.82) is 5.26 Å². The molecule has 0 atom stereocenters. The molecule has 0 aliphatic rings. The molecule has 0 fully saturated rings. The summed E-state index contributed by atoms with van der Waals surface area (Å²) in [5.74, 6) is -0.621. The number of nitrogen functional groups attached to an aromatic ring is 1. The number of halogens is 1. The normalized spacial score (nSPS) is 10.9. The van der Waals surface area contributed by atoms with Crippen molar-refractivity contribution in [3.8, 4) is 6.07 Å². The number of nitrogens with one attached hydrogen (secondary N) is 1. The maximum Gasteiger partial charge on any atom is 0.267 e. The lowest BCUT2D eigenvalue weighted by Gasteiger charge is -2.18. The zero-order chi connectivity index (χ0) is 16.5. The van der Waals surface area contributed by atoms with Crippen molar-refractivity contribution < 1.29 is 15.0 Å². The van der Waals surface area contributed by atoms with Gasteiger partial charge in [-0.25, -0.2) is 0 Å². The van der Waals surface area contributed by atoms with Gasteiger partial charge in [0.15, 0.2) is 0 Å². The van der Waals surface area contributed by atoms with Crippen molar-refractivity contribution in [2.75, 3.05) is 37.4 Å². The standard InChI is InChI=1S/C14H17ClN4O3/c15-12-7-11(1-2-13(12)17)18-14(22)10(8-16)9-19(3-5-20)4-6-21/h1-2,7,9,20-21H,3-6,17H2,(H,18,22)/b10-9-. The minimum atomic E-state index is -0.621. The number of aliphatic hydroxyl groups is 2. The van der Waals surface area contributed by atoms with Gasteiger partial charge in [0, 0.05) is 25.0 Å². The zero-order valence-corrected chi connectivity index (χ0v) is 12.5. The average Bonchev–Trinajstić information content (AvgIpc) is 2.48. The fourth-order valence-corrected chi connectivity index (χ4v) is 1.80. The predicted molar refractivity (Wildman–Crippen MR) is 83.9 cm³/mol. The van der Waals surface area contributed by atoms with E-state index < -0.39 is 5.91 Å². The lowest BCUT2D eigenvalue weighted by Crippen LogP contribution is -2.26. The highest BCUT2D eigenvalue weighted by atomic mass is 35.5. The molecule has 0 aromatic heterocycles. The molecular weight excluding hydrogens is 308 g/mol. The van der Waals surface area contributed by atoms with E-state index in [1.165, 1.54) is 23.2 Å². The molecule has 1 rings (SSSR count). The highest BCUT2D eigenvalue weighted by Gasteiger charge is 2.12. The first-order chi connectivity index (χ1) is 10.5. The summed E-state index contributed by atoms with van der Waals surface area (Å²) in [6.07, 6.45) is 1.29. The van der Waals surface area contributed by atoms with Gasteiger partial charge < -0.3 is 26.2 Å². The van der Waals surface area contributed by atoms with Crippen LogP contribution in [0.3, 0.4) is 0 Å². The molecule has 0 saturated heterocycles. The minimum absolute atomic E-state index is 0.158. The molecule has 1 aromatic carbocycles. The number of hydrogen-bond acceptors (Lipinski definition) is 6. The van der Waals surface area contributed by atoms with Crippen LogP contribution in [-0.4, -0.2) is 47.3 Å². The first-order valence-corrected chi connectivity index (χ1v) is 6.83. The van der Waals surface area contributed by atoms with E-state index in [4.69, 9.17) is 32.8 Å². The van der Waals surface area contributed by atoms with E-state index in [-0.39, 0.29) is 31.9 Å². The second kappa shape index (κ2) is 8.89. The summed E-state index contributed by atoms with van der Waals surface area (Å²) in [5, 5.41) is 29.7. The maximum atomic E-state index is 12.1. The Hall–Kier alpha value is -2.27. The smallest absolute Gasteiger partial charge is 0.267 e. The molecule has 0 aliphatic carbocycles. The summed E-state index contributed by atoms with van der Waals surface area (Å²) >= 11 is 5.86. The van der Waals surface area contributed by atoms with Crippen molar-refractivity contribution in [3.63, 3.8) is 0 Å². The molecule has 8 heteroatoms. The van der Waals surface area contributed by atoms with Crippen LogP contribution >= 0.6 is 11.6 Å². The quantitative estimate of drug-likeness (QED) is 0.330. The number of anilines is 2. The first-order valence-electron chi connectivity index (χ1n) is 6.46. The van der Waals surface area contributed by atoms with Gasteiger partial charge in [-0.3, -0.25) is 4.79 Å². The molecule has 5 N–H and O–H groups in total. The van der Waals surface area contributed by atoms with E-state index in [1.807, 2.05) is 0 Å².